The number of halogens is 3. The molecule has 1 heterocycles. The maximum atomic E-state index is 13.4. The van der Waals surface area contributed by atoms with Gasteiger partial charge in [-0.1, -0.05) is 12.1 Å². The lowest BCUT2D eigenvalue weighted by Crippen LogP contribution is -2.35. The van der Waals surface area contributed by atoms with Gasteiger partial charge in [0.25, 0.3) is 0 Å². The molecular formula is C18H19F3N2O2. The molecule has 0 N–H and O–H groups in total. The molecule has 4 nitrogen and oxygen atoms in total. The number of ether oxygens (including phenoxy) is 1. The number of carbonyl (C=O) groups is 1. The number of alkyl halides is 3. The number of anilines is 2. The normalized spacial score (nSPS) is 12.0. The maximum Gasteiger partial charge on any atom is 0.420 e. The van der Waals surface area contributed by atoms with Gasteiger partial charge >= 0.3 is 12.3 Å². The Morgan fingerprint density at radius 1 is 1.12 bits per heavy atom. The van der Waals surface area contributed by atoms with E-state index in [1.165, 1.54) is 30.5 Å². The number of aromatic nitrogens is 1. The highest BCUT2D eigenvalue weighted by molar-refractivity contribution is 5.96. The van der Waals surface area contributed by atoms with E-state index in [2.05, 4.69) is 4.98 Å². The fourth-order valence-electron chi connectivity index (χ4n) is 2.17. The summed E-state index contributed by atoms with van der Waals surface area (Å²) in [5.41, 5.74) is -1.39. The van der Waals surface area contributed by atoms with Gasteiger partial charge in [0.1, 0.15) is 11.4 Å². The van der Waals surface area contributed by atoms with Gasteiger partial charge in [-0.05, 0) is 57.5 Å². The predicted molar refractivity (Wildman–Crippen MR) is 88.8 cm³/mol. The van der Waals surface area contributed by atoms with Crippen molar-refractivity contribution in [3.63, 3.8) is 0 Å². The highest BCUT2D eigenvalue weighted by atomic mass is 19.4. The molecule has 2 rings (SSSR count). The lowest BCUT2D eigenvalue weighted by molar-refractivity contribution is -0.137. The Morgan fingerprint density at radius 2 is 1.76 bits per heavy atom. The maximum absolute atomic E-state index is 13.4. The van der Waals surface area contributed by atoms with Gasteiger partial charge in [-0.3, -0.25) is 0 Å². The summed E-state index contributed by atoms with van der Waals surface area (Å²) in [4.78, 5) is 17.5. The molecule has 134 valence electrons. The molecule has 0 saturated carbocycles. The van der Waals surface area contributed by atoms with Gasteiger partial charge in [0, 0.05) is 6.20 Å². The van der Waals surface area contributed by atoms with Crippen molar-refractivity contribution >= 4 is 17.6 Å². The Balaban J connectivity index is 2.63. The van der Waals surface area contributed by atoms with Crippen LogP contribution in [-0.4, -0.2) is 16.7 Å². The van der Waals surface area contributed by atoms with Crippen molar-refractivity contribution in [3.8, 4) is 0 Å². The Bertz CT molecular complexity index is 767. The first-order valence-electron chi connectivity index (χ1n) is 7.61. The van der Waals surface area contributed by atoms with Crippen molar-refractivity contribution < 1.29 is 22.7 Å². The summed E-state index contributed by atoms with van der Waals surface area (Å²) in [5.74, 6) is 0.0611. The van der Waals surface area contributed by atoms with Crippen molar-refractivity contribution in [2.24, 2.45) is 0 Å². The monoisotopic (exact) mass is 352 g/mol. The summed E-state index contributed by atoms with van der Waals surface area (Å²) < 4.78 is 45.5. The van der Waals surface area contributed by atoms with Crippen molar-refractivity contribution in [2.45, 2.75) is 39.5 Å². The molecule has 2 aromatic rings. The van der Waals surface area contributed by atoms with E-state index in [-0.39, 0.29) is 11.5 Å². The molecule has 0 fully saturated rings. The first-order chi connectivity index (χ1) is 11.5. The molecule has 7 heteroatoms. The zero-order valence-corrected chi connectivity index (χ0v) is 14.4. The van der Waals surface area contributed by atoms with E-state index in [0.29, 0.717) is 0 Å². The topological polar surface area (TPSA) is 42.4 Å². The van der Waals surface area contributed by atoms with E-state index in [9.17, 15) is 18.0 Å². The lowest BCUT2D eigenvalue weighted by atomic mass is 10.1. The number of aryl methyl sites for hydroxylation is 1. The molecule has 0 saturated heterocycles. The van der Waals surface area contributed by atoms with E-state index in [4.69, 9.17) is 4.74 Å². The van der Waals surface area contributed by atoms with Gasteiger partial charge in [0.2, 0.25) is 0 Å². The van der Waals surface area contributed by atoms with Gasteiger partial charge in [-0.2, -0.15) is 13.2 Å². The van der Waals surface area contributed by atoms with Crippen LogP contribution in [-0.2, 0) is 10.9 Å². The fraction of sp³-hybridized carbons (Fsp3) is 0.333. The summed E-state index contributed by atoms with van der Waals surface area (Å²) in [6.45, 7) is 6.68. The summed E-state index contributed by atoms with van der Waals surface area (Å²) >= 11 is 0. The lowest BCUT2D eigenvalue weighted by Gasteiger charge is -2.28. The number of nitrogens with zero attached hydrogens (tertiary/aromatic N) is 2. The van der Waals surface area contributed by atoms with E-state index >= 15 is 0 Å². The van der Waals surface area contributed by atoms with E-state index < -0.39 is 23.4 Å². The van der Waals surface area contributed by atoms with Crippen LogP contribution in [0.25, 0.3) is 0 Å². The number of rotatable bonds is 2. The smallest absolute Gasteiger partial charge is 0.420 e. The van der Waals surface area contributed by atoms with Gasteiger partial charge in [-0.15, -0.1) is 0 Å². The Labute approximate surface area is 144 Å². The third-order valence-electron chi connectivity index (χ3n) is 3.16. The SMILES string of the molecule is Cc1ccnc(N(C(=O)OC(C)(C)C)c2ccccc2C(F)(F)F)c1. The standard InChI is InChI=1S/C18H19F3N2O2/c1-12-9-10-22-15(11-12)23(16(24)25-17(2,3)4)14-8-6-5-7-13(14)18(19,20)21/h5-11H,1-4H3. The minimum absolute atomic E-state index is 0.0611. The Morgan fingerprint density at radius 3 is 2.32 bits per heavy atom. The molecule has 0 aliphatic carbocycles. The zero-order chi connectivity index (χ0) is 18.8. The van der Waals surface area contributed by atoms with Crippen LogP contribution < -0.4 is 4.90 Å². The zero-order valence-electron chi connectivity index (χ0n) is 14.4. The number of amides is 1. The van der Waals surface area contributed by atoms with Crippen LogP contribution in [0.15, 0.2) is 42.6 Å². The molecule has 0 atom stereocenters. The fourth-order valence-corrected chi connectivity index (χ4v) is 2.17. The highest BCUT2D eigenvalue weighted by Crippen LogP contribution is 2.39. The molecule has 0 aliphatic heterocycles. The minimum atomic E-state index is -4.62. The summed E-state index contributed by atoms with van der Waals surface area (Å²) in [6.07, 6.45) is -4.12. The summed E-state index contributed by atoms with van der Waals surface area (Å²) in [7, 11) is 0. The molecule has 0 aliphatic rings. The van der Waals surface area contributed by atoms with Crippen LogP contribution >= 0.6 is 0 Å². The van der Waals surface area contributed by atoms with E-state index in [1.807, 2.05) is 0 Å². The average Bonchev–Trinajstić information content (AvgIpc) is 2.45. The number of pyridine rings is 1. The third kappa shape index (κ3) is 4.71. The molecule has 25 heavy (non-hydrogen) atoms. The van der Waals surface area contributed by atoms with Crippen LogP contribution in [0.3, 0.4) is 0 Å². The first kappa shape index (κ1) is 18.8. The Kier molecular flexibility index (Phi) is 5.06. The number of carbonyl (C=O) groups excluding carboxylic acids is 1. The first-order valence-corrected chi connectivity index (χ1v) is 7.61. The minimum Gasteiger partial charge on any atom is -0.443 e. The van der Waals surface area contributed by atoms with Crippen LogP contribution in [0.2, 0.25) is 0 Å². The molecule has 1 aromatic heterocycles. The van der Waals surface area contributed by atoms with Crippen LogP contribution in [0.1, 0.15) is 31.9 Å². The molecule has 1 aromatic carbocycles. The van der Waals surface area contributed by atoms with Gasteiger partial charge in [-0.25, -0.2) is 14.7 Å². The van der Waals surface area contributed by atoms with E-state index in [1.54, 1.807) is 33.8 Å². The molecule has 0 radical (unpaired) electrons. The van der Waals surface area contributed by atoms with Gasteiger partial charge in [0.05, 0.1) is 11.3 Å². The Hall–Kier alpha value is -2.57. The van der Waals surface area contributed by atoms with Crippen molar-refractivity contribution in [1.82, 2.24) is 4.98 Å². The number of benzene rings is 1. The number of hydrogen-bond donors (Lipinski definition) is 0. The van der Waals surface area contributed by atoms with Crippen LogP contribution in [0, 0.1) is 6.92 Å². The number of hydrogen-bond acceptors (Lipinski definition) is 3. The second kappa shape index (κ2) is 6.74. The van der Waals surface area contributed by atoms with Gasteiger partial charge in [0.15, 0.2) is 0 Å². The second-order valence-corrected chi connectivity index (χ2v) is 6.52. The van der Waals surface area contributed by atoms with Gasteiger partial charge < -0.3 is 4.74 Å². The molecular weight excluding hydrogens is 333 g/mol. The largest absolute Gasteiger partial charge is 0.443 e. The molecule has 0 unspecified atom stereocenters. The quantitative estimate of drug-likeness (QED) is 0.718. The third-order valence-corrected chi connectivity index (χ3v) is 3.16. The average molecular weight is 352 g/mol. The molecule has 0 spiro atoms. The molecule has 0 bridgehead atoms. The van der Waals surface area contributed by atoms with Crippen molar-refractivity contribution in [3.05, 3.63) is 53.7 Å². The number of para-hydroxylation sites is 1. The summed E-state index contributed by atoms with van der Waals surface area (Å²) in [5, 5.41) is 0. The van der Waals surface area contributed by atoms with Crippen molar-refractivity contribution in [2.75, 3.05) is 4.90 Å². The van der Waals surface area contributed by atoms with Crippen molar-refractivity contribution in [1.29, 1.82) is 0 Å². The highest BCUT2D eigenvalue weighted by Gasteiger charge is 2.37. The van der Waals surface area contributed by atoms with E-state index in [0.717, 1.165) is 16.5 Å². The second-order valence-electron chi connectivity index (χ2n) is 6.52. The van der Waals surface area contributed by atoms with Crippen LogP contribution in [0.4, 0.5) is 29.5 Å². The predicted octanol–water partition coefficient (Wildman–Crippen LogP) is 5.48. The summed E-state index contributed by atoms with van der Waals surface area (Å²) in [6, 6.07) is 8.05. The van der Waals surface area contributed by atoms with Crippen LogP contribution in [0.5, 0.6) is 0 Å². The molecule has 1 amide bonds.